The Hall–Kier alpha value is -0.790. The van der Waals surface area contributed by atoms with E-state index in [2.05, 4.69) is 6.58 Å². The number of hydrogen-bond donors (Lipinski definition) is 0. The van der Waals surface area contributed by atoms with Crippen LogP contribution in [0.25, 0.3) is 0 Å². The van der Waals surface area contributed by atoms with E-state index >= 15 is 0 Å². The predicted octanol–water partition coefficient (Wildman–Crippen LogP) is 3.46. The lowest BCUT2D eigenvalue weighted by Gasteiger charge is -2.25. The molecule has 0 spiro atoms. The summed E-state index contributed by atoms with van der Waals surface area (Å²) in [6, 6.07) is 0. The molecule has 0 heterocycles. The van der Waals surface area contributed by atoms with E-state index in [4.69, 9.17) is 4.74 Å². The molecular formula is C13H22O2. The largest absolute Gasteiger partial charge is 0.459 e. The summed E-state index contributed by atoms with van der Waals surface area (Å²) in [4.78, 5) is 11.7. The van der Waals surface area contributed by atoms with Gasteiger partial charge in [-0.1, -0.05) is 33.8 Å². The van der Waals surface area contributed by atoms with E-state index in [0.717, 1.165) is 12.8 Å². The third-order valence-electron chi connectivity index (χ3n) is 2.98. The molecule has 1 saturated carbocycles. The van der Waals surface area contributed by atoms with Crippen LogP contribution in [0.3, 0.4) is 0 Å². The van der Waals surface area contributed by atoms with Gasteiger partial charge in [0.05, 0.1) is 0 Å². The highest BCUT2D eigenvalue weighted by atomic mass is 16.5. The van der Waals surface area contributed by atoms with Crippen molar-refractivity contribution in [2.45, 2.75) is 59.0 Å². The van der Waals surface area contributed by atoms with Crippen LogP contribution in [0.15, 0.2) is 12.2 Å². The highest BCUT2D eigenvalue weighted by Crippen LogP contribution is 2.27. The minimum Gasteiger partial charge on any atom is -0.459 e. The molecule has 2 nitrogen and oxygen atoms in total. The van der Waals surface area contributed by atoms with Crippen LogP contribution in [0.5, 0.6) is 0 Å². The van der Waals surface area contributed by atoms with Gasteiger partial charge >= 0.3 is 5.97 Å². The molecule has 0 N–H and O–H groups in total. The van der Waals surface area contributed by atoms with Crippen LogP contribution in [0.2, 0.25) is 0 Å². The van der Waals surface area contributed by atoms with Crippen LogP contribution in [-0.4, -0.2) is 12.1 Å². The van der Waals surface area contributed by atoms with Gasteiger partial charge in [0, 0.05) is 5.57 Å². The van der Waals surface area contributed by atoms with Crippen LogP contribution in [0.1, 0.15) is 52.9 Å². The van der Waals surface area contributed by atoms with Crippen molar-refractivity contribution < 1.29 is 9.53 Å². The molecule has 0 aromatic heterocycles. The normalized spacial score (nSPS) is 18.6. The van der Waals surface area contributed by atoms with Crippen molar-refractivity contribution in [3.8, 4) is 0 Å². The molecule has 0 radical (unpaired) electrons. The van der Waals surface area contributed by atoms with Crippen molar-refractivity contribution >= 4 is 5.97 Å². The average Bonchev–Trinajstić information content (AvgIpc) is 2.16. The quantitative estimate of drug-likeness (QED) is 0.515. The molecule has 0 bridgehead atoms. The van der Waals surface area contributed by atoms with E-state index in [1.165, 1.54) is 19.3 Å². The summed E-state index contributed by atoms with van der Waals surface area (Å²) < 4.78 is 5.44. The van der Waals surface area contributed by atoms with E-state index in [1.54, 1.807) is 0 Å². The molecule has 15 heavy (non-hydrogen) atoms. The van der Waals surface area contributed by atoms with Crippen LogP contribution >= 0.6 is 0 Å². The average molecular weight is 210 g/mol. The Morgan fingerprint density at radius 3 is 2.20 bits per heavy atom. The molecule has 1 aliphatic carbocycles. The maximum Gasteiger partial charge on any atom is 0.334 e. The van der Waals surface area contributed by atoms with Gasteiger partial charge < -0.3 is 4.74 Å². The zero-order chi connectivity index (χ0) is 11.5. The molecule has 2 heteroatoms. The fourth-order valence-corrected chi connectivity index (χ4v) is 1.71. The Bertz CT molecular complexity index is 242. The molecule has 1 rings (SSSR count). The Kier molecular flexibility index (Phi) is 3.95. The van der Waals surface area contributed by atoms with Crippen molar-refractivity contribution in [1.29, 1.82) is 0 Å². The molecule has 1 fully saturated rings. The predicted molar refractivity (Wildman–Crippen MR) is 61.6 cm³/mol. The second-order valence-electron chi connectivity index (χ2n) is 5.39. The zero-order valence-electron chi connectivity index (χ0n) is 10.1. The van der Waals surface area contributed by atoms with Crippen LogP contribution in [-0.2, 0) is 9.53 Å². The summed E-state index contributed by atoms with van der Waals surface area (Å²) in [7, 11) is 0. The van der Waals surface area contributed by atoms with Gasteiger partial charge in [0.2, 0.25) is 0 Å². The first-order valence-electron chi connectivity index (χ1n) is 5.81. The molecule has 0 saturated heterocycles. The van der Waals surface area contributed by atoms with Gasteiger partial charge in [-0.05, 0) is 31.1 Å². The van der Waals surface area contributed by atoms with Crippen LogP contribution < -0.4 is 0 Å². The van der Waals surface area contributed by atoms with E-state index in [-0.39, 0.29) is 17.5 Å². The third-order valence-corrected chi connectivity index (χ3v) is 2.98. The fourth-order valence-electron chi connectivity index (χ4n) is 1.71. The van der Waals surface area contributed by atoms with Gasteiger partial charge in [-0.15, -0.1) is 0 Å². The van der Waals surface area contributed by atoms with Crippen LogP contribution in [0, 0.1) is 5.41 Å². The van der Waals surface area contributed by atoms with Crippen molar-refractivity contribution in [2.75, 3.05) is 0 Å². The van der Waals surface area contributed by atoms with Gasteiger partial charge in [0.1, 0.15) is 6.10 Å². The summed E-state index contributed by atoms with van der Waals surface area (Å²) >= 11 is 0. The standard InChI is InChI=1S/C13H22O2/c1-10(13(2,3)4)12(14)15-11-8-6-5-7-9-11/h11H,1,5-9H2,2-4H3. The molecule has 0 aliphatic heterocycles. The molecule has 0 aromatic carbocycles. The van der Waals surface area contributed by atoms with Gasteiger partial charge in [0.15, 0.2) is 0 Å². The lowest BCUT2D eigenvalue weighted by Crippen LogP contribution is -2.25. The van der Waals surface area contributed by atoms with Crippen molar-refractivity contribution in [3.05, 3.63) is 12.2 Å². The summed E-state index contributed by atoms with van der Waals surface area (Å²) in [6.45, 7) is 9.77. The minimum atomic E-state index is -0.214. The van der Waals surface area contributed by atoms with Crippen molar-refractivity contribution in [1.82, 2.24) is 0 Å². The number of carbonyl (C=O) groups excluding carboxylic acids is 1. The van der Waals surface area contributed by atoms with Crippen molar-refractivity contribution in [3.63, 3.8) is 0 Å². The van der Waals surface area contributed by atoms with Crippen LogP contribution in [0.4, 0.5) is 0 Å². The maximum absolute atomic E-state index is 11.7. The highest BCUT2D eigenvalue weighted by molar-refractivity contribution is 5.89. The zero-order valence-corrected chi connectivity index (χ0v) is 10.1. The molecule has 86 valence electrons. The lowest BCUT2D eigenvalue weighted by atomic mass is 9.87. The monoisotopic (exact) mass is 210 g/mol. The first-order valence-corrected chi connectivity index (χ1v) is 5.81. The van der Waals surface area contributed by atoms with Crippen molar-refractivity contribution in [2.24, 2.45) is 5.41 Å². The highest BCUT2D eigenvalue weighted by Gasteiger charge is 2.25. The maximum atomic E-state index is 11.7. The molecule has 1 aliphatic rings. The second kappa shape index (κ2) is 4.82. The number of esters is 1. The Balaban J connectivity index is 2.44. The topological polar surface area (TPSA) is 26.3 Å². The number of hydrogen-bond acceptors (Lipinski definition) is 2. The van der Waals surface area contributed by atoms with E-state index in [1.807, 2.05) is 20.8 Å². The SMILES string of the molecule is C=C(C(=O)OC1CCCCC1)C(C)(C)C. The number of ether oxygens (including phenoxy) is 1. The number of carbonyl (C=O) groups is 1. The lowest BCUT2D eigenvalue weighted by molar-refractivity contribution is -0.146. The van der Waals surface area contributed by atoms with Gasteiger partial charge in [0.25, 0.3) is 0 Å². The van der Waals surface area contributed by atoms with Gasteiger partial charge in [-0.25, -0.2) is 4.79 Å². The molecule has 0 atom stereocenters. The van der Waals surface area contributed by atoms with E-state index in [0.29, 0.717) is 5.57 Å². The summed E-state index contributed by atoms with van der Waals surface area (Å²) in [6.07, 6.45) is 5.80. The molecule has 0 unspecified atom stereocenters. The smallest absolute Gasteiger partial charge is 0.334 e. The first-order chi connectivity index (χ1) is 6.91. The molecule has 0 aromatic rings. The van der Waals surface area contributed by atoms with E-state index in [9.17, 15) is 4.79 Å². The fraction of sp³-hybridized carbons (Fsp3) is 0.769. The second-order valence-corrected chi connectivity index (χ2v) is 5.39. The van der Waals surface area contributed by atoms with E-state index < -0.39 is 0 Å². The summed E-state index contributed by atoms with van der Waals surface area (Å²) in [5.74, 6) is -0.214. The Morgan fingerprint density at radius 2 is 1.73 bits per heavy atom. The summed E-state index contributed by atoms with van der Waals surface area (Å²) in [5.41, 5.74) is 0.388. The molecule has 0 amide bonds. The number of rotatable bonds is 2. The Labute approximate surface area is 92.7 Å². The van der Waals surface area contributed by atoms with Gasteiger partial charge in [-0.2, -0.15) is 0 Å². The third kappa shape index (κ3) is 3.69. The summed E-state index contributed by atoms with van der Waals surface area (Å²) in [5, 5.41) is 0. The first kappa shape index (κ1) is 12.3. The molecular weight excluding hydrogens is 188 g/mol. The minimum absolute atomic E-state index is 0.130. The van der Waals surface area contributed by atoms with Gasteiger partial charge in [-0.3, -0.25) is 0 Å². The Morgan fingerprint density at radius 1 is 1.20 bits per heavy atom.